The summed E-state index contributed by atoms with van der Waals surface area (Å²) < 4.78 is 0. The highest BCUT2D eigenvalue weighted by Crippen LogP contribution is 2.37. The maximum Gasteiger partial charge on any atom is 0.283 e. The number of phenolic OH excluding ortho intramolecular Hbond substituents is 1. The lowest BCUT2D eigenvalue weighted by atomic mass is 10.2. The molecule has 0 heterocycles. The number of hydrogen-bond donors (Lipinski definition) is 1. The zero-order chi connectivity index (χ0) is 13.1. The first-order valence-corrected chi connectivity index (χ1v) is 6.10. The van der Waals surface area contributed by atoms with E-state index in [0.29, 0.717) is 4.90 Å². The van der Waals surface area contributed by atoms with E-state index >= 15 is 0 Å². The van der Waals surface area contributed by atoms with Crippen LogP contribution in [0.1, 0.15) is 5.56 Å². The number of benzene rings is 2. The second kappa shape index (κ2) is 5.10. The molecular weight excluding hydrogens is 250 g/mol. The lowest BCUT2D eigenvalue weighted by Crippen LogP contribution is -1.90. The number of rotatable bonds is 3. The Balaban J connectivity index is 2.42. The predicted octanol–water partition coefficient (Wildman–Crippen LogP) is 3.76. The number of nitro groups is 1. The van der Waals surface area contributed by atoms with Gasteiger partial charge in [0, 0.05) is 17.0 Å². The van der Waals surface area contributed by atoms with E-state index in [2.05, 4.69) is 0 Å². The van der Waals surface area contributed by atoms with Crippen LogP contribution in [0.3, 0.4) is 0 Å². The van der Waals surface area contributed by atoms with Gasteiger partial charge in [-0.3, -0.25) is 10.1 Å². The summed E-state index contributed by atoms with van der Waals surface area (Å²) >= 11 is 1.28. The molecule has 2 rings (SSSR count). The number of hydrogen-bond acceptors (Lipinski definition) is 4. The summed E-state index contributed by atoms with van der Waals surface area (Å²) in [4.78, 5) is 11.8. The minimum Gasteiger partial charge on any atom is -0.508 e. The Bertz CT molecular complexity index is 599. The van der Waals surface area contributed by atoms with Crippen molar-refractivity contribution in [3.63, 3.8) is 0 Å². The molecule has 0 saturated heterocycles. The quantitative estimate of drug-likeness (QED) is 0.675. The van der Waals surface area contributed by atoms with Gasteiger partial charge in [0.1, 0.15) is 5.75 Å². The van der Waals surface area contributed by atoms with Crippen LogP contribution in [0.15, 0.2) is 52.3 Å². The van der Waals surface area contributed by atoms with Gasteiger partial charge >= 0.3 is 0 Å². The van der Waals surface area contributed by atoms with E-state index in [1.54, 1.807) is 0 Å². The minimum atomic E-state index is -0.444. The van der Waals surface area contributed by atoms with Gasteiger partial charge in [-0.1, -0.05) is 30.0 Å². The van der Waals surface area contributed by atoms with Crippen LogP contribution in [0, 0.1) is 17.0 Å². The predicted molar refractivity (Wildman–Crippen MR) is 70.1 cm³/mol. The van der Waals surface area contributed by atoms with Crippen molar-refractivity contribution < 1.29 is 10.0 Å². The summed E-state index contributed by atoms with van der Waals surface area (Å²) in [6.45, 7) is 1.94. The van der Waals surface area contributed by atoms with E-state index < -0.39 is 4.92 Å². The first kappa shape index (κ1) is 12.4. The molecule has 18 heavy (non-hydrogen) atoms. The molecule has 1 N–H and O–H groups in total. The average molecular weight is 261 g/mol. The van der Waals surface area contributed by atoms with Crippen LogP contribution in [0.4, 0.5) is 5.69 Å². The fourth-order valence-electron chi connectivity index (χ4n) is 1.52. The van der Waals surface area contributed by atoms with Gasteiger partial charge in [-0.15, -0.1) is 0 Å². The summed E-state index contributed by atoms with van der Waals surface area (Å²) in [5, 5.41) is 20.3. The van der Waals surface area contributed by atoms with Crippen LogP contribution in [0.2, 0.25) is 0 Å². The lowest BCUT2D eigenvalue weighted by Gasteiger charge is -2.06. The van der Waals surface area contributed by atoms with Gasteiger partial charge < -0.3 is 5.11 Å². The molecule has 0 bridgehead atoms. The molecule has 0 saturated carbocycles. The Morgan fingerprint density at radius 2 is 1.89 bits per heavy atom. The van der Waals surface area contributed by atoms with E-state index in [9.17, 15) is 15.2 Å². The smallest absolute Gasteiger partial charge is 0.283 e. The summed E-state index contributed by atoms with van der Waals surface area (Å²) in [5.41, 5.74) is 1.04. The number of aryl methyl sites for hydroxylation is 1. The van der Waals surface area contributed by atoms with Crippen LogP contribution >= 0.6 is 11.8 Å². The van der Waals surface area contributed by atoms with Crippen molar-refractivity contribution in [3.8, 4) is 5.75 Å². The maximum atomic E-state index is 10.9. The third-order valence-corrected chi connectivity index (χ3v) is 3.68. The summed E-state index contributed by atoms with van der Waals surface area (Å²) in [6.07, 6.45) is 0. The van der Waals surface area contributed by atoms with Gasteiger partial charge in [-0.25, -0.2) is 0 Å². The molecule has 92 valence electrons. The molecule has 0 spiro atoms. The second-order valence-electron chi connectivity index (χ2n) is 3.78. The molecule has 0 unspecified atom stereocenters. The van der Waals surface area contributed by atoms with E-state index in [4.69, 9.17) is 0 Å². The van der Waals surface area contributed by atoms with Gasteiger partial charge in [0.25, 0.3) is 5.69 Å². The molecule has 0 amide bonds. The first-order valence-electron chi connectivity index (χ1n) is 5.29. The minimum absolute atomic E-state index is 0.000975. The van der Waals surface area contributed by atoms with Gasteiger partial charge in [0.15, 0.2) is 0 Å². The van der Waals surface area contributed by atoms with E-state index in [0.717, 1.165) is 10.5 Å². The highest BCUT2D eigenvalue weighted by molar-refractivity contribution is 7.99. The van der Waals surface area contributed by atoms with E-state index in [-0.39, 0.29) is 11.4 Å². The summed E-state index contributed by atoms with van der Waals surface area (Å²) in [7, 11) is 0. The topological polar surface area (TPSA) is 63.4 Å². The van der Waals surface area contributed by atoms with Crippen molar-refractivity contribution in [2.45, 2.75) is 16.7 Å². The fourth-order valence-corrected chi connectivity index (χ4v) is 2.56. The number of aromatic hydroxyl groups is 1. The third kappa shape index (κ3) is 2.62. The maximum absolute atomic E-state index is 10.9. The monoisotopic (exact) mass is 261 g/mol. The van der Waals surface area contributed by atoms with Crippen LogP contribution < -0.4 is 0 Å². The third-order valence-electron chi connectivity index (χ3n) is 2.45. The van der Waals surface area contributed by atoms with Crippen molar-refractivity contribution in [3.05, 3.63) is 58.1 Å². The van der Waals surface area contributed by atoms with Crippen molar-refractivity contribution in [2.24, 2.45) is 0 Å². The van der Waals surface area contributed by atoms with Crippen LogP contribution in [-0.2, 0) is 0 Å². The normalized spacial score (nSPS) is 10.3. The van der Waals surface area contributed by atoms with Gasteiger partial charge in [-0.2, -0.15) is 0 Å². The van der Waals surface area contributed by atoms with Crippen LogP contribution in [0.5, 0.6) is 5.75 Å². The lowest BCUT2D eigenvalue weighted by molar-refractivity contribution is -0.387. The van der Waals surface area contributed by atoms with Crippen LogP contribution in [0.25, 0.3) is 0 Å². The molecule has 5 heteroatoms. The van der Waals surface area contributed by atoms with Gasteiger partial charge in [0.05, 0.1) is 9.82 Å². The molecular formula is C13H11NO3S. The molecule has 0 aliphatic heterocycles. The molecule has 2 aromatic rings. The number of phenols is 1. The Morgan fingerprint density at radius 1 is 1.17 bits per heavy atom. The molecule has 0 radical (unpaired) electrons. The Hall–Kier alpha value is -2.01. The largest absolute Gasteiger partial charge is 0.508 e. The SMILES string of the molecule is Cc1ccccc1Sc1cc(O)ccc1[N+](=O)[O-]. The molecule has 0 atom stereocenters. The van der Waals surface area contributed by atoms with Gasteiger partial charge in [-0.05, 0) is 24.6 Å². The number of nitro benzene ring substituents is 1. The molecule has 0 fully saturated rings. The van der Waals surface area contributed by atoms with Crippen molar-refractivity contribution >= 4 is 17.4 Å². The fraction of sp³-hybridized carbons (Fsp3) is 0.0769. The molecule has 0 aliphatic rings. The molecule has 2 aromatic carbocycles. The molecule has 0 aromatic heterocycles. The van der Waals surface area contributed by atoms with Crippen LogP contribution in [-0.4, -0.2) is 10.0 Å². The average Bonchev–Trinajstić information content (AvgIpc) is 2.32. The number of nitrogens with zero attached hydrogens (tertiary/aromatic N) is 1. The second-order valence-corrected chi connectivity index (χ2v) is 4.86. The molecule has 0 aliphatic carbocycles. The van der Waals surface area contributed by atoms with E-state index in [1.165, 1.54) is 30.0 Å². The standard InChI is InChI=1S/C13H11NO3S/c1-9-4-2-3-5-12(9)18-13-8-10(15)6-7-11(13)14(16)17/h2-8,15H,1H3. The van der Waals surface area contributed by atoms with Gasteiger partial charge in [0.2, 0.25) is 0 Å². The highest BCUT2D eigenvalue weighted by atomic mass is 32.2. The van der Waals surface area contributed by atoms with Crippen molar-refractivity contribution in [1.29, 1.82) is 0 Å². The van der Waals surface area contributed by atoms with E-state index in [1.807, 2.05) is 31.2 Å². The summed E-state index contributed by atoms with van der Waals surface area (Å²) in [5.74, 6) is 0.0247. The Kier molecular flexibility index (Phi) is 3.53. The highest BCUT2D eigenvalue weighted by Gasteiger charge is 2.15. The molecule has 4 nitrogen and oxygen atoms in total. The first-order chi connectivity index (χ1) is 8.58. The van der Waals surface area contributed by atoms with Crippen molar-refractivity contribution in [1.82, 2.24) is 0 Å². The summed E-state index contributed by atoms with van der Waals surface area (Å²) in [6, 6.07) is 11.7. The Labute approximate surface area is 108 Å². The van der Waals surface area contributed by atoms with Crippen molar-refractivity contribution in [2.75, 3.05) is 0 Å². The Morgan fingerprint density at radius 3 is 2.56 bits per heavy atom. The zero-order valence-corrected chi connectivity index (χ0v) is 10.5. The zero-order valence-electron chi connectivity index (χ0n) is 9.66.